The van der Waals surface area contributed by atoms with Crippen LogP contribution in [-0.4, -0.2) is 40.3 Å². The highest BCUT2D eigenvalue weighted by Crippen LogP contribution is 2.29. The summed E-state index contributed by atoms with van der Waals surface area (Å²) in [5.74, 6) is 0.303. The van der Waals surface area contributed by atoms with Gasteiger partial charge in [0.15, 0.2) is 0 Å². The summed E-state index contributed by atoms with van der Waals surface area (Å²) in [5.41, 5.74) is 0.833. The van der Waals surface area contributed by atoms with Gasteiger partial charge in [0.2, 0.25) is 15.9 Å². The summed E-state index contributed by atoms with van der Waals surface area (Å²) in [6, 6.07) is 5.18. The predicted octanol–water partition coefficient (Wildman–Crippen LogP) is 1.82. The fraction of sp³-hybridized carbons (Fsp3) is 0.533. The number of hydrogen-bond acceptors (Lipinski definition) is 5. The third-order valence-corrected chi connectivity index (χ3v) is 4.35. The van der Waals surface area contributed by atoms with E-state index >= 15 is 0 Å². The van der Waals surface area contributed by atoms with Gasteiger partial charge in [-0.15, -0.1) is 12.4 Å². The first-order chi connectivity index (χ1) is 10.8. The molecule has 1 aliphatic heterocycles. The Hall–Kier alpha value is -1.51. The number of sulfonamides is 1. The van der Waals surface area contributed by atoms with Gasteiger partial charge in [-0.2, -0.15) is 0 Å². The number of carbonyl (C=O) groups is 1. The lowest BCUT2D eigenvalue weighted by molar-refractivity contribution is -0.120. The molecule has 1 fully saturated rings. The second kappa shape index (κ2) is 8.55. The Bertz CT molecular complexity index is 681. The van der Waals surface area contributed by atoms with E-state index < -0.39 is 10.0 Å². The summed E-state index contributed by atoms with van der Waals surface area (Å²) in [7, 11) is -1.98. The van der Waals surface area contributed by atoms with Gasteiger partial charge >= 0.3 is 0 Å². The summed E-state index contributed by atoms with van der Waals surface area (Å²) >= 11 is 0. The van der Waals surface area contributed by atoms with E-state index in [4.69, 9.17) is 4.74 Å². The summed E-state index contributed by atoms with van der Waals surface area (Å²) in [5, 5.41) is 6.16. The van der Waals surface area contributed by atoms with Crippen molar-refractivity contribution in [3.8, 4) is 5.75 Å². The zero-order valence-electron chi connectivity index (χ0n) is 14.0. The molecule has 9 heteroatoms. The maximum atomic E-state index is 12.4. The van der Waals surface area contributed by atoms with Crippen molar-refractivity contribution < 1.29 is 17.9 Å². The van der Waals surface area contributed by atoms with Gasteiger partial charge in [-0.05, 0) is 44.5 Å². The molecule has 2 rings (SSSR count). The van der Waals surface area contributed by atoms with Crippen LogP contribution in [0.2, 0.25) is 0 Å². The molecule has 0 radical (unpaired) electrons. The molecule has 0 aliphatic carbocycles. The van der Waals surface area contributed by atoms with Gasteiger partial charge in [0.05, 0.1) is 19.1 Å². The number of ether oxygens (including phenoxy) is 1. The number of nitrogens with one attached hydrogen (secondary N) is 3. The summed E-state index contributed by atoms with van der Waals surface area (Å²) in [6.07, 6.45) is 2.64. The average molecular weight is 378 g/mol. The van der Waals surface area contributed by atoms with Crippen LogP contribution in [0.3, 0.4) is 0 Å². The largest absolute Gasteiger partial charge is 0.495 e. The number of anilines is 2. The first-order valence-corrected chi connectivity index (χ1v) is 9.37. The van der Waals surface area contributed by atoms with E-state index in [1.165, 1.54) is 7.11 Å². The maximum Gasteiger partial charge on any atom is 0.229 e. The quantitative estimate of drug-likeness (QED) is 0.727. The van der Waals surface area contributed by atoms with Crippen molar-refractivity contribution in [2.24, 2.45) is 5.92 Å². The van der Waals surface area contributed by atoms with Crippen LogP contribution in [0.1, 0.15) is 19.8 Å². The van der Waals surface area contributed by atoms with E-state index in [1.54, 1.807) is 18.2 Å². The van der Waals surface area contributed by atoms with Crippen LogP contribution in [0.15, 0.2) is 18.2 Å². The van der Waals surface area contributed by atoms with Crippen LogP contribution in [0, 0.1) is 5.92 Å². The molecular weight excluding hydrogens is 354 g/mol. The third-order valence-electron chi connectivity index (χ3n) is 3.76. The lowest BCUT2D eigenvalue weighted by Gasteiger charge is -2.27. The van der Waals surface area contributed by atoms with Crippen molar-refractivity contribution in [2.45, 2.75) is 25.8 Å². The Balaban J connectivity index is 0.00000288. The van der Waals surface area contributed by atoms with Crippen LogP contribution in [0.5, 0.6) is 5.75 Å². The molecule has 0 aromatic heterocycles. The van der Waals surface area contributed by atoms with Crippen molar-refractivity contribution in [3.05, 3.63) is 18.2 Å². The standard InChI is InChI=1S/C15H23N3O4S.ClH/c1-10-8-11(6-7-16-10)15(19)17-12-4-5-14(22-2)13(9-12)18-23(3,20)21;/h4-5,9-11,16,18H,6-8H2,1-3H3,(H,17,19);1H/t10-,11-;/m0./s1. The monoisotopic (exact) mass is 377 g/mol. The molecule has 1 saturated heterocycles. The van der Waals surface area contributed by atoms with Crippen LogP contribution in [0.4, 0.5) is 11.4 Å². The SMILES string of the molecule is COc1ccc(NC(=O)[C@H]2CCN[C@@H](C)C2)cc1NS(C)(=O)=O.Cl. The van der Waals surface area contributed by atoms with Crippen LogP contribution in [-0.2, 0) is 14.8 Å². The summed E-state index contributed by atoms with van der Waals surface area (Å²) < 4.78 is 30.4. The van der Waals surface area contributed by atoms with E-state index in [0.29, 0.717) is 23.2 Å². The minimum Gasteiger partial charge on any atom is -0.495 e. The van der Waals surface area contributed by atoms with E-state index in [0.717, 1.165) is 25.6 Å². The molecule has 0 spiro atoms. The predicted molar refractivity (Wildman–Crippen MR) is 97.5 cm³/mol. The maximum absolute atomic E-state index is 12.4. The molecule has 1 amide bonds. The first-order valence-electron chi connectivity index (χ1n) is 7.48. The van der Waals surface area contributed by atoms with Gasteiger partial charge in [-0.25, -0.2) is 8.42 Å². The van der Waals surface area contributed by atoms with Crippen LogP contribution in [0.25, 0.3) is 0 Å². The molecule has 2 atom stereocenters. The van der Waals surface area contributed by atoms with Crippen molar-refractivity contribution in [2.75, 3.05) is 29.9 Å². The van der Waals surface area contributed by atoms with Gasteiger partial charge in [0.1, 0.15) is 5.75 Å². The number of piperidine rings is 1. The number of benzene rings is 1. The summed E-state index contributed by atoms with van der Waals surface area (Å²) in [4.78, 5) is 12.4. The Morgan fingerprint density at radius 1 is 1.38 bits per heavy atom. The van der Waals surface area contributed by atoms with E-state index in [2.05, 4.69) is 22.3 Å². The molecule has 1 aliphatic rings. The number of methoxy groups -OCH3 is 1. The van der Waals surface area contributed by atoms with E-state index in [1.807, 2.05) is 0 Å². The third kappa shape index (κ3) is 5.85. The van der Waals surface area contributed by atoms with Crippen molar-refractivity contribution in [1.29, 1.82) is 0 Å². The number of halogens is 1. The van der Waals surface area contributed by atoms with Crippen molar-refractivity contribution in [1.82, 2.24) is 5.32 Å². The Labute approximate surface area is 149 Å². The van der Waals surface area contributed by atoms with Crippen molar-refractivity contribution in [3.63, 3.8) is 0 Å². The molecule has 7 nitrogen and oxygen atoms in total. The van der Waals surface area contributed by atoms with E-state index in [9.17, 15) is 13.2 Å². The molecular formula is C15H24ClN3O4S. The van der Waals surface area contributed by atoms with Gasteiger partial charge in [-0.1, -0.05) is 0 Å². The fourth-order valence-corrected chi connectivity index (χ4v) is 3.24. The highest BCUT2D eigenvalue weighted by Gasteiger charge is 2.24. The highest BCUT2D eigenvalue weighted by molar-refractivity contribution is 7.92. The van der Waals surface area contributed by atoms with Crippen molar-refractivity contribution >= 4 is 39.7 Å². The molecule has 1 aromatic carbocycles. The Kier molecular flexibility index (Phi) is 7.31. The summed E-state index contributed by atoms with van der Waals surface area (Å²) in [6.45, 7) is 2.88. The van der Waals surface area contributed by atoms with Crippen LogP contribution < -0.4 is 20.1 Å². The topological polar surface area (TPSA) is 96.5 Å². The van der Waals surface area contributed by atoms with Gasteiger partial charge < -0.3 is 15.4 Å². The highest BCUT2D eigenvalue weighted by atomic mass is 35.5. The molecule has 1 aromatic rings. The second-order valence-electron chi connectivity index (χ2n) is 5.86. The first kappa shape index (κ1) is 20.5. The molecule has 0 bridgehead atoms. The molecule has 0 saturated carbocycles. The smallest absolute Gasteiger partial charge is 0.229 e. The minimum atomic E-state index is -3.43. The zero-order chi connectivity index (χ0) is 17.0. The minimum absolute atomic E-state index is 0. The molecule has 24 heavy (non-hydrogen) atoms. The lowest BCUT2D eigenvalue weighted by atomic mass is 9.92. The van der Waals surface area contributed by atoms with E-state index in [-0.39, 0.29) is 24.2 Å². The number of amides is 1. The normalized spacial score (nSPS) is 20.6. The Morgan fingerprint density at radius 3 is 2.67 bits per heavy atom. The molecule has 3 N–H and O–H groups in total. The molecule has 0 unspecified atom stereocenters. The van der Waals surface area contributed by atoms with Gasteiger partial charge in [0.25, 0.3) is 0 Å². The zero-order valence-corrected chi connectivity index (χ0v) is 15.6. The average Bonchev–Trinajstić information content (AvgIpc) is 2.46. The van der Waals surface area contributed by atoms with Gasteiger partial charge in [-0.3, -0.25) is 9.52 Å². The number of carbonyl (C=O) groups excluding carboxylic acids is 1. The molecule has 136 valence electrons. The van der Waals surface area contributed by atoms with Gasteiger partial charge in [0, 0.05) is 17.6 Å². The fourth-order valence-electron chi connectivity index (χ4n) is 2.68. The van der Waals surface area contributed by atoms with Crippen LogP contribution >= 0.6 is 12.4 Å². The Morgan fingerprint density at radius 2 is 2.08 bits per heavy atom. The second-order valence-corrected chi connectivity index (χ2v) is 7.60. The number of hydrogen-bond donors (Lipinski definition) is 3. The number of rotatable bonds is 5. The lowest BCUT2D eigenvalue weighted by Crippen LogP contribution is -2.40. The molecule has 1 heterocycles.